The van der Waals surface area contributed by atoms with Gasteiger partial charge in [-0.05, 0) is 44.4 Å². The van der Waals surface area contributed by atoms with Gasteiger partial charge in [0.1, 0.15) is 6.29 Å². The van der Waals surface area contributed by atoms with Gasteiger partial charge in [-0.2, -0.15) is 0 Å². The van der Waals surface area contributed by atoms with Crippen molar-refractivity contribution in [1.82, 2.24) is 5.32 Å². The molecule has 136 valence electrons. The van der Waals surface area contributed by atoms with E-state index in [1.54, 1.807) is 0 Å². The quantitative estimate of drug-likeness (QED) is 0.584. The number of nitrogens with one attached hydrogen (secondary N) is 1. The summed E-state index contributed by atoms with van der Waals surface area (Å²) in [5.41, 5.74) is 1.99. The van der Waals surface area contributed by atoms with Gasteiger partial charge in [0.05, 0.1) is 5.56 Å². The summed E-state index contributed by atoms with van der Waals surface area (Å²) in [7, 11) is 0. The van der Waals surface area contributed by atoms with Crippen LogP contribution in [0, 0.1) is 0 Å². The second-order valence-corrected chi connectivity index (χ2v) is 6.22. The van der Waals surface area contributed by atoms with Crippen LogP contribution < -0.4 is 5.32 Å². The first kappa shape index (κ1) is 19.4. The molecule has 2 rings (SSSR count). The summed E-state index contributed by atoms with van der Waals surface area (Å²) in [6.07, 6.45) is 1.46. The molecule has 0 unspecified atom stereocenters. The number of hydrogen-bond donors (Lipinski definition) is 1. The summed E-state index contributed by atoms with van der Waals surface area (Å²) < 4.78 is 5.20. The zero-order valence-corrected chi connectivity index (χ0v) is 15.0. The minimum absolute atomic E-state index is 0.0317. The van der Waals surface area contributed by atoms with Crippen molar-refractivity contribution >= 4 is 18.2 Å². The second-order valence-electron chi connectivity index (χ2n) is 6.22. The summed E-state index contributed by atoms with van der Waals surface area (Å²) in [6, 6.07) is 16.1. The van der Waals surface area contributed by atoms with Crippen molar-refractivity contribution in [3.63, 3.8) is 0 Å². The summed E-state index contributed by atoms with van der Waals surface area (Å²) in [5.74, 6) is -0.925. The first-order valence-corrected chi connectivity index (χ1v) is 8.60. The van der Waals surface area contributed by atoms with Crippen LogP contribution in [0.15, 0.2) is 54.6 Å². The lowest BCUT2D eigenvalue weighted by molar-refractivity contribution is -0.129. The Hall–Kier alpha value is -2.95. The Balaban J connectivity index is 1.80. The molecule has 0 aromatic heterocycles. The highest BCUT2D eigenvalue weighted by Gasteiger charge is 2.20. The molecule has 0 aliphatic carbocycles. The molecule has 2 atom stereocenters. The summed E-state index contributed by atoms with van der Waals surface area (Å²) in [6.45, 7) is 3.46. The Kier molecular flexibility index (Phi) is 7.09. The first-order chi connectivity index (χ1) is 12.5. The average molecular weight is 353 g/mol. The van der Waals surface area contributed by atoms with Gasteiger partial charge in [0, 0.05) is 11.6 Å². The third kappa shape index (κ3) is 5.84. The van der Waals surface area contributed by atoms with E-state index >= 15 is 0 Å². The molecular weight excluding hydrogens is 330 g/mol. The SMILES string of the molecule is C[C@H](CCc1ccccc1)NC(=O)[C@H](C)OC(=O)c1ccc(C=O)cc1. The number of hydrogen-bond acceptors (Lipinski definition) is 4. The molecule has 0 bridgehead atoms. The van der Waals surface area contributed by atoms with Crippen LogP contribution in [0.25, 0.3) is 0 Å². The molecule has 2 aromatic rings. The lowest BCUT2D eigenvalue weighted by Gasteiger charge is -2.18. The fourth-order valence-corrected chi connectivity index (χ4v) is 2.44. The van der Waals surface area contributed by atoms with E-state index in [-0.39, 0.29) is 11.9 Å². The highest BCUT2D eigenvalue weighted by atomic mass is 16.5. The van der Waals surface area contributed by atoms with E-state index in [2.05, 4.69) is 17.4 Å². The van der Waals surface area contributed by atoms with Gasteiger partial charge in [-0.25, -0.2) is 4.79 Å². The second kappa shape index (κ2) is 9.51. The van der Waals surface area contributed by atoms with E-state index < -0.39 is 12.1 Å². The molecule has 5 heteroatoms. The zero-order valence-electron chi connectivity index (χ0n) is 15.0. The van der Waals surface area contributed by atoms with E-state index in [4.69, 9.17) is 4.74 Å². The topological polar surface area (TPSA) is 72.5 Å². The molecule has 0 radical (unpaired) electrons. The molecule has 1 N–H and O–H groups in total. The van der Waals surface area contributed by atoms with Crippen LogP contribution in [0.4, 0.5) is 0 Å². The Morgan fingerprint density at radius 1 is 1.04 bits per heavy atom. The number of aldehydes is 1. The summed E-state index contributed by atoms with van der Waals surface area (Å²) in [5, 5.41) is 2.86. The molecule has 0 aliphatic heterocycles. The molecule has 0 fully saturated rings. The van der Waals surface area contributed by atoms with E-state index in [9.17, 15) is 14.4 Å². The van der Waals surface area contributed by atoms with Crippen LogP contribution in [0.3, 0.4) is 0 Å². The van der Waals surface area contributed by atoms with Gasteiger partial charge in [-0.1, -0.05) is 42.5 Å². The molecule has 0 saturated heterocycles. The maximum atomic E-state index is 12.2. The highest BCUT2D eigenvalue weighted by molar-refractivity contribution is 5.92. The highest BCUT2D eigenvalue weighted by Crippen LogP contribution is 2.08. The largest absolute Gasteiger partial charge is 0.449 e. The summed E-state index contributed by atoms with van der Waals surface area (Å²) >= 11 is 0. The van der Waals surface area contributed by atoms with Gasteiger partial charge in [0.2, 0.25) is 0 Å². The van der Waals surface area contributed by atoms with Crippen LogP contribution in [-0.4, -0.2) is 30.3 Å². The van der Waals surface area contributed by atoms with Crippen molar-refractivity contribution in [1.29, 1.82) is 0 Å². The van der Waals surface area contributed by atoms with Gasteiger partial charge < -0.3 is 10.1 Å². The van der Waals surface area contributed by atoms with Gasteiger partial charge >= 0.3 is 5.97 Å². The molecule has 1 amide bonds. The average Bonchev–Trinajstić information content (AvgIpc) is 2.67. The molecule has 26 heavy (non-hydrogen) atoms. The maximum absolute atomic E-state index is 12.2. The lowest BCUT2D eigenvalue weighted by atomic mass is 10.1. The smallest absolute Gasteiger partial charge is 0.338 e. The number of rotatable bonds is 8. The molecule has 5 nitrogen and oxygen atoms in total. The van der Waals surface area contributed by atoms with Crippen molar-refractivity contribution < 1.29 is 19.1 Å². The third-order valence-electron chi connectivity index (χ3n) is 4.03. The number of amides is 1. The van der Waals surface area contributed by atoms with Crippen LogP contribution in [0.2, 0.25) is 0 Å². The van der Waals surface area contributed by atoms with E-state index in [0.717, 1.165) is 12.8 Å². The van der Waals surface area contributed by atoms with Gasteiger partial charge in [-0.15, -0.1) is 0 Å². The molecule has 2 aromatic carbocycles. The monoisotopic (exact) mass is 353 g/mol. The van der Waals surface area contributed by atoms with Gasteiger partial charge in [0.15, 0.2) is 6.10 Å². The first-order valence-electron chi connectivity index (χ1n) is 8.60. The Labute approximate surface area is 153 Å². The van der Waals surface area contributed by atoms with Crippen molar-refractivity contribution in [3.05, 3.63) is 71.3 Å². The Bertz CT molecular complexity index is 740. The number of carbonyl (C=O) groups is 3. The minimum Gasteiger partial charge on any atom is -0.449 e. The van der Waals surface area contributed by atoms with Crippen molar-refractivity contribution in [2.75, 3.05) is 0 Å². The minimum atomic E-state index is -0.896. The lowest BCUT2D eigenvalue weighted by Crippen LogP contribution is -2.41. The number of carbonyl (C=O) groups excluding carboxylic acids is 3. The summed E-state index contributed by atoms with van der Waals surface area (Å²) in [4.78, 5) is 34.9. The van der Waals surface area contributed by atoms with Crippen molar-refractivity contribution in [2.24, 2.45) is 0 Å². The number of benzene rings is 2. The van der Waals surface area contributed by atoms with Crippen LogP contribution in [0.1, 0.15) is 46.5 Å². The molecule has 0 spiro atoms. The Morgan fingerprint density at radius 3 is 2.31 bits per heavy atom. The molecular formula is C21H23NO4. The van der Waals surface area contributed by atoms with Crippen molar-refractivity contribution in [2.45, 2.75) is 38.8 Å². The molecule has 0 saturated carbocycles. The van der Waals surface area contributed by atoms with Crippen LogP contribution >= 0.6 is 0 Å². The van der Waals surface area contributed by atoms with E-state index in [1.807, 2.05) is 25.1 Å². The van der Waals surface area contributed by atoms with E-state index in [0.29, 0.717) is 17.4 Å². The zero-order chi connectivity index (χ0) is 18.9. The van der Waals surface area contributed by atoms with Crippen LogP contribution in [-0.2, 0) is 16.0 Å². The predicted molar refractivity (Wildman–Crippen MR) is 99.1 cm³/mol. The normalized spacial score (nSPS) is 12.7. The number of esters is 1. The Morgan fingerprint density at radius 2 is 1.69 bits per heavy atom. The predicted octanol–water partition coefficient (Wildman–Crippen LogP) is 3.18. The fourth-order valence-electron chi connectivity index (χ4n) is 2.44. The molecule has 0 heterocycles. The van der Waals surface area contributed by atoms with Gasteiger partial charge in [-0.3, -0.25) is 9.59 Å². The third-order valence-corrected chi connectivity index (χ3v) is 4.03. The standard InChI is InChI=1S/C21H23NO4/c1-15(8-9-17-6-4-3-5-7-17)22-20(24)16(2)26-21(25)19-12-10-18(14-23)11-13-19/h3-7,10-16H,8-9H2,1-2H3,(H,22,24)/t15-,16+/m1/s1. The van der Waals surface area contributed by atoms with Gasteiger partial charge in [0.25, 0.3) is 5.91 Å². The van der Waals surface area contributed by atoms with Crippen molar-refractivity contribution in [3.8, 4) is 0 Å². The maximum Gasteiger partial charge on any atom is 0.338 e. The fraction of sp³-hybridized carbons (Fsp3) is 0.286. The van der Waals surface area contributed by atoms with Crippen LogP contribution in [0.5, 0.6) is 0 Å². The molecule has 0 aliphatic rings. The number of ether oxygens (including phenoxy) is 1. The van der Waals surface area contributed by atoms with E-state index in [1.165, 1.54) is 36.8 Å². The number of aryl methyl sites for hydroxylation is 1.